The molecule has 0 aromatic heterocycles. The summed E-state index contributed by atoms with van der Waals surface area (Å²) in [6, 6.07) is 4.39. The van der Waals surface area contributed by atoms with E-state index in [1.807, 2.05) is 0 Å². The zero-order valence-corrected chi connectivity index (χ0v) is 11.2. The number of anilines is 2. The molecule has 1 heterocycles. The molecule has 5 heteroatoms. The van der Waals surface area contributed by atoms with Gasteiger partial charge in [0.25, 0.3) is 0 Å². The maximum Gasteiger partial charge on any atom is 0.227 e. The molecule has 2 fully saturated rings. The Balaban J connectivity index is 1.79. The van der Waals surface area contributed by atoms with E-state index in [9.17, 15) is 14.0 Å². The van der Waals surface area contributed by atoms with Crippen LogP contribution in [0.5, 0.6) is 0 Å². The highest BCUT2D eigenvalue weighted by Crippen LogP contribution is 2.30. The van der Waals surface area contributed by atoms with Gasteiger partial charge in [0.05, 0.1) is 5.69 Å². The van der Waals surface area contributed by atoms with Crippen LogP contribution in [0.2, 0.25) is 0 Å². The first-order valence-electron chi connectivity index (χ1n) is 7.06. The number of amides is 2. The number of nitrogens with zero attached hydrogens (tertiary/aromatic N) is 1. The molecule has 1 aliphatic heterocycles. The van der Waals surface area contributed by atoms with Gasteiger partial charge in [0.15, 0.2) is 0 Å². The van der Waals surface area contributed by atoms with Crippen LogP contribution in [-0.4, -0.2) is 18.4 Å². The number of rotatable bonds is 3. The van der Waals surface area contributed by atoms with Crippen molar-refractivity contribution in [1.29, 1.82) is 0 Å². The largest absolute Gasteiger partial charge is 0.326 e. The molecule has 1 aromatic rings. The van der Waals surface area contributed by atoms with Crippen molar-refractivity contribution < 1.29 is 14.0 Å². The average molecular weight is 276 g/mol. The Labute approximate surface area is 117 Å². The van der Waals surface area contributed by atoms with Crippen molar-refractivity contribution in [2.24, 2.45) is 5.92 Å². The molecular formula is C15H17FN2O2. The second-order valence-electron chi connectivity index (χ2n) is 5.43. The van der Waals surface area contributed by atoms with Gasteiger partial charge >= 0.3 is 0 Å². The number of hydrogen-bond donors (Lipinski definition) is 1. The van der Waals surface area contributed by atoms with Crippen molar-refractivity contribution >= 4 is 23.2 Å². The molecule has 1 aromatic carbocycles. The first kappa shape index (κ1) is 13.1. The van der Waals surface area contributed by atoms with Gasteiger partial charge in [-0.05, 0) is 37.5 Å². The number of carbonyl (C=O) groups excluding carboxylic acids is 2. The Morgan fingerprint density at radius 3 is 2.70 bits per heavy atom. The summed E-state index contributed by atoms with van der Waals surface area (Å²) in [5.74, 6) is -0.424. The first-order chi connectivity index (χ1) is 9.65. The molecular weight excluding hydrogens is 259 g/mol. The molecule has 0 bridgehead atoms. The van der Waals surface area contributed by atoms with Gasteiger partial charge in [-0.25, -0.2) is 4.39 Å². The van der Waals surface area contributed by atoms with Crippen molar-refractivity contribution in [3.8, 4) is 0 Å². The summed E-state index contributed by atoms with van der Waals surface area (Å²) in [5, 5.41) is 2.81. The molecule has 106 valence electrons. The lowest BCUT2D eigenvalue weighted by atomic mass is 9.85. The van der Waals surface area contributed by atoms with Crippen LogP contribution in [-0.2, 0) is 9.59 Å². The van der Waals surface area contributed by atoms with Crippen LogP contribution >= 0.6 is 0 Å². The molecule has 3 rings (SSSR count). The summed E-state index contributed by atoms with van der Waals surface area (Å²) < 4.78 is 13.9. The highest BCUT2D eigenvalue weighted by Gasteiger charge is 2.27. The minimum Gasteiger partial charge on any atom is -0.326 e. The highest BCUT2D eigenvalue weighted by molar-refractivity contribution is 5.97. The van der Waals surface area contributed by atoms with Crippen LogP contribution in [0.1, 0.15) is 32.1 Å². The topological polar surface area (TPSA) is 49.4 Å². The van der Waals surface area contributed by atoms with Crippen LogP contribution in [0.3, 0.4) is 0 Å². The Bertz CT molecular complexity index is 555. The number of halogens is 1. The maximum atomic E-state index is 13.9. The van der Waals surface area contributed by atoms with E-state index in [1.165, 1.54) is 17.0 Å². The molecule has 1 saturated carbocycles. The summed E-state index contributed by atoms with van der Waals surface area (Å²) in [4.78, 5) is 25.0. The third-order valence-electron chi connectivity index (χ3n) is 4.05. The smallest absolute Gasteiger partial charge is 0.227 e. The normalized spacial score (nSPS) is 19.1. The monoisotopic (exact) mass is 276 g/mol. The van der Waals surface area contributed by atoms with Crippen molar-refractivity contribution in [2.45, 2.75) is 32.1 Å². The van der Waals surface area contributed by atoms with Gasteiger partial charge in [0, 0.05) is 24.6 Å². The van der Waals surface area contributed by atoms with Gasteiger partial charge in [-0.2, -0.15) is 0 Å². The number of hydrogen-bond acceptors (Lipinski definition) is 2. The average Bonchev–Trinajstić information content (AvgIpc) is 2.75. The highest BCUT2D eigenvalue weighted by atomic mass is 19.1. The Hall–Kier alpha value is -1.91. The number of benzene rings is 1. The molecule has 20 heavy (non-hydrogen) atoms. The van der Waals surface area contributed by atoms with Crippen LogP contribution < -0.4 is 10.2 Å². The molecule has 2 amide bonds. The zero-order valence-electron chi connectivity index (χ0n) is 11.2. The van der Waals surface area contributed by atoms with Gasteiger partial charge in [-0.3, -0.25) is 9.59 Å². The second kappa shape index (κ2) is 5.23. The van der Waals surface area contributed by atoms with Crippen molar-refractivity contribution in [3.63, 3.8) is 0 Å². The van der Waals surface area contributed by atoms with E-state index in [0.717, 1.165) is 25.7 Å². The molecule has 0 radical (unpaired) electrons. The molecule has 2 aliphatic rings. The summed E-state index contributed by atoms with van der Waals surface area (Å²) in [7, 11) is 0. The molecule has 1 N–H and O–H groups in total. The molecule has 0 atom stereocenters. The molecule has 4 nitrogen and oxygen atoms in total. The fourth-order valence-electron chi connectivity index (χ4n) is 2.61. The molecule has 1 aliphatic carbocycles. The zero-order chi connectivity index (χ0) is 14.1. The SMILES string of the molecule is O=C(Nc1ccc(F)c(N2CCCC2=O)c1)C1CCC1. The summed E-state index contributed by atoms with van der Waals surface area (Å²) in [6.45, 7) is 0.537. The Morgan fingerprint density at radius 2 is 2.10 bits per heavy atom. The molecule has 1 saturated heterocycles. The fraction of sp³-hybridized carbons (Fsp3) is 0.467. The van der Waals surface area contributed by atoms with Crippen LogP contribution in [0.4, 0.5) is 15.8 Å². The maximum absolute atomic E-state index is 13.9. The van der Waals surface area contributed by atoms with E-state index in [1.54, 1.807) is 6.07 Å². The summed E-state index contributed by atoms with van der Waals surface area (Å²) >= 11 is 0. The fourth-order valence-corrected chi connectivity index (χ4v) is 2.61. The van der Waals surface area contributed by atoms with Crippen LogP contribution in [0, 0.1) is 11.7 Å². The van der Waals surface area contributed by atoms with Gasteiger partial charge in [-0.15, -0.1) is 0 Å². The van der Waals surface area contributed by atoms with Gasteiger partial charge in [0.1, 0.15) is 5.82 Å². The predicted molar refractivity (Wildman–Crippen MR) is 74.0 cm³/mol. The lowest BCUT2D eigenvalue weighted by Gasteiger charge is -2.24. The quantitative estimate of drug-likeness (QED) is 0.922. The summed E-state index contributed by atoms with van der Waals surface area (Å²) in [5.41, 5.74) is 0.817. The first-order valence-corrected chi connectivity index (χ1v) is 7.06. The van der Waals surface area contributed by atoms with E-state index in [0.29, 0.717) is 18.7 Å². The Kier molecular flexibility index (Phi) is 3.42. The van der Waals surface area contributed by atoms with Crippen molar-refractivity contribution in [1.82, 2.24) is 0 Å². The standard InChI is InChI=1S/C15H17FN2O2/c16-12-7-6-11(17-15(20)10-3-1-4-10)9-13(12)18-8-2-5-14(18)19/h6-7,9-10H,1-5,8H2,(H,17,20). The second-order valence-corrected chi connectivity index (χ2v) is 5.43. The minimum atomic E-state index is -0.429. The number of carbonyl (C=O) groups is 2. The summed E-state index contributed by atoms with van der Waals surface area (Å²) in [6.07, 6.45) is 4.14. The van der Waals surface area contributed by atoms with Crippen LogP contribution in [0.15, 0.2) is 18.2 Å². The minimum absolute atomic E-state index is 0.0124. The number of nitrogens with one attached hydrogen (secondary N) is 1. The van der Waals surface area contributed by atoms with E-state index in [-0.39, 0.29) is 23.4 Å². The van der Waals surface area contributed by atoms with E-state index >= 15 is 0 Å². The predicted octanol–water partition coefficient (Wildman–Crippen LogP) is 2.69. The van der Waals surface area contributed by atoms with Gasteiger partial charge < -0.3 is 10.2 Å². The van der Waals surface area contributed by atoms with Crippen LogP contribution in [0.25, 0.3) is 0 Å². The van der Waals surface area contributed by atoms with E-state index in [2.05, 4.69) is 5.32 Å². The third-order valence-corrected chi connectivity index (χ3v) is 4.05. The Morgan fingerprint density at radius 1 is 1.30 bits per heavy atom. The lowest BCUT2D eigenvalue weighted by molar-refractivity contribution is -0.122. The van der Waals surface area contributed by atoms with Gasteiger partial charge in [-0.1, -0.05) is 6.42 Å². The van der Waals surface area contributed by atoms with Crippen molar-refractivity contribution in [2.75, 3.05) is 16.8 Å². The van der Waals surface area contributed by atoms with Gasteiger partial charge in [0.2, 0.25) is 11.8 Å². The van der Waals surface area contributed by atoms with E-state index < -0.39 is 5.82 Å². The van der Waals surface area contributed by atoms with Crippen molar-refractivity contribution in [3.05, 3.63) is 24.0 Å². The third kappa shape index (κ3) is 2.40. The van der Waals surface area contributed by atoms with E-state index in [4.69, 9.17) is 0 Å². The lowest BCUT2D eigenvalue weighted by Crippen LogP contribution is -2.28. The molecule has 0 unspecified atom stereocenters. The molecule has 0 spiro atoms.